The number of halogens is 3. The van der Waals surface area contributed by atoms with Crippen molar-refractivity contribution in [2.24, 2.45) is 5.92 Å². The van der Waals surface area contributed by atoms with E-state index in [4.69, 9.17) is 0 Å². The first-order valence-corrected chi connectivity index (χ1v) is 11.5. The molecule has 0 aliphatic heterocycles. The quantitative estimate of drug-likeness (QED) is 0.283. The lowest BCUT2D eigenvalue weighted by molar-refractivity contribution is -0.137. The Labute approximate surface area is 212 Å². The molecule has 4 N–H and O–H groups in total. The van der Waals surface area contributed by atoms with Crippen molar-refractivity contribution in [3.63, 3.8) is 0 Å². The number of rotatable bonds is 9. The Balaban J connectivity index is 1.52. The summed E-state index contributed by atoms with van der Waals surface area (Å²) in [5.41, 5.74) is 1.01. The van der Waals surface area contributed by atoms with Crippen molar-refractivity contribution in [1.82, 2.24) is 0 Å². The maximum absolute atomic E-state index is 12.9. The minimum Gasteiger partial charge on any atom is -0.376 e. The molecule has 37 heavy (non-hydrogen) atoms. The first-order valence-electron chi connectivity index (χ1n) is 11.5. The Hall–Kier alpha value is -4.34. The van der Waals surface area contributed by atoms with Crippen LogP contribution in [0.25, 0.3) is 0 Å². The van der Waals surface area contributed by atoms with Gasteiger partial charge in [-0.2, -0.15) is 13.2 Å². The molecule has 0 atom stereocenters. The standard InChI is InChI=1S/C27H27F3N4O3/c1-17(2)13-24(35)32-20-9-11-21(12-10-20)33-25(36)16-31-22-7-3-5-18(14-22)26(37)34-23-8-4-6-19(15-23)27(28,29)30/h3-12,14-15,17,31H,13,16H2,1-2H3,(H,32,35)(H,33,36)(H,34,37). The van der Waals surface area contributed by atoms with Crippen LogP contribution in [0.2, 0.25) is 0 Å². The summed E-state index contributed by atoms with van der Waals surface area (Å²) >= 11 is 0. The summed E-state index contributed by atoms with van der Waals surface area (Å²) in [6.45, 7) is 3.82. The molecule has 10 heteroatoms. The second-order valence-corrected chi connectivity index (χ2v) is 8.74. The second-order valence-electron chi connectivity index (χ2n) is 8.74. The number of anilines is 4. The Kier molecular flexibility index (Phi) is 8.89. The van der Waals surface area contributed by atoms with E-state index in [1.54, 1.807) is 36.4 Å². The van der Waals surface area contributed by atoms with Crippen LogP contribution in [-0.2, 0) is 15.8 Å². The van der Waals surface area contributed by atoms with Gasteiger partial charge in [-0.05, 0) is 66.6 Å². The third-order valence-corrected chi connectivity index (χ3v) is 5.07. The summed E-state index contributed by atoms with van der Waals surface area (Å²) in [5, 5.41) is 10.9. The van der Waals surface area contributed by atoms with E-state index in [9.17, 15) is 27.6 Å². The van der Waals surface area contributed by atoms with Gasteiger partial charge in [0.15, 0.2) is 0 Å². The van der Waals surface area contributed by atoms with E-state index in [2.05, 4.69) is 21.3 Å². The Morgan fingerprint density at radius 1 is 0.730 bits per heavy atom. The number of alkyl halides is 3. The van der Waals surface area contributed by atoms with E-state index in [1.807, 2.05) is 13.8 Å². The predicted octanol–water partition coefficient (Wildman–Crippen LogP) is 5.99. The van der Waals surface area contributed by atoms with Gasteiger partial charge in [0, 0.05) is 34.7 Å². The fourth-order valence-corrected chi connectivity index (χ4v) is 3.35. The van der Waals surface area contributed by atoms with Crippen LogP contribution in [-0.4, -0.2) is 24.3 Å². The number of hydrogen-bond acceptors (Lipinski definition) is 4. The minimum absolute atomic E-state index is 0.0167. The monoisotopic (exact) mass is 512 g/mol. The topological polar surface area (TPSA) is 99.3 Å². The van der Waals surface area contributed by atoms with Crippen LogP contribution < -0.4 is 21.3 Å². The first-order chi connectivity index (χ1) is 17.5. The highest BCUT2D eigenvalue weighted by Gasteiger charge is 2.30. The molecule has 0 bridgehead atoms. The van der Waals surface area contributed by atoms with E-state index < -0.39 is 17.6 Å². The van der Waals surface area contributed by atoms with Crippen LogP contribution in [0.4, 0.5) is 35.9 Å². The van der Waals surface area contributed by atoms with Crippen LogP contribution in [0.3, 0.4) is 0 Å². The van der Waals surface area contributed by atoms with Gasteiger partial charge in [0.1, 0.15) is 0 Å². The summed E-state index contributed by atoms with van der Waals surface area (Å²) in [4.78, 5) is 36.7. The van der Waals surface area contributed by atoms with Crippen molar-refractivity contribution in [3.8, 4) is 0 Å². The lowest BCUT2D eigenvalue weighted by Crippen LogP contribution is -2.22. The molecule has 3 aromatic rings. The lowest BCUT2D eigenvalue weighted by Gasteiger charge is -2.12. The SMILES string of the molecule is CC(C)CC(=O)Nc1ccc(NC(=O)CNc2cccc(C(=O)Nc3cccc(C(F)(F)F)c3)c2)cc1. The Bertz CT molecular complexity index is 1260. The zero-order valence-corrected chi connectivity index (χ0v) is 20.3. The number of hydrogen-bond donors (Lipinski definition) is 4. The maximum Gasteiger partial charge on any atom is 0.416 e. The van der Waals surface area contributed by atoms with Gasteiger partial charge in [-0.3, -0.25) is 14.4 Å². The van der Waals surface area contributed by atoms with Gasteiger partial charge in [-0.15, -0.1) is 0 Å². The summed E-state index contributed by atoms with van der Waals surface area (Å²) in [5.74, 6) is -0.762. The summed E-state index contributed by atoms with van der Waals surface area (Å²) in [6.07, 6.45) is -4.10. The van der Waals surface area contributed by atoms with Gasteiger partial charge in [0.2, 0.25) is 11.8 Å². The minimum atomic E-state index is -4.52. The van der Waals surface area contributed by atoms with Crippen LogP contribution >= 0.6 is 0 Å². The smallest absolute Gasteiger partial charge is 0.376 e. The van der Waals surface area contributed by atoms with Gasteiger partial charge in [0.05, 0.1) is 12.1 Å². The molecule has 0 aromatic heterocycles. The normalized spacial score (nSPS) is 11.1. The lowest BCUT2D eigenvalue weighted by atomic mass is 10.1. The van der Waals surface area contributed by atoms with Crippen LogP contribution in [0, 0.1) is 5.92 Å². The fraction of sp³-hybridized carbons (Fsp3) is 0.222. The third kappa shape index (κ3) is 8.68. The Morgan fingerprint density at radius 2 is 1.32 bits per heavy atom. The molecular formula is C27H27F3N4O3. The second kappa shape index (κ2) is 12.1. The van der Waals surface area contributed by atoms with Crippen LogP contribution in [0.1, 0.15) is 36.2 Å². The van der Waals surface area contributed by atoms with Crippen molar-refractivity contribution in [1.29, 1.82) is 0 Å². The predicted molar refractivity (Wildman–Crippen MR) is 137 cm³/mol. The molecule has 0 unspecified atom stereocenters. The van der Waals surface area contributed by atoms with Crippen LogP contribution in [0.5, 0.6) is 0 Å². The van der Waals surface area contributed by atoms with E-state index in [0.717, 1.165) is 12.1 Å². The van der Waals surface area contributed by atoms with Crippen molar-refractivity contribution < 1.29 is 27.6 Å². The highest BCUT2D eigenvalue weighted by Crippen LogP contribution is 2.30. The maximum atomic E-state index is 12.9. The molecule has 0 saturated heterocycles. The average Bonchev–Trinajstić information content (AvgIpc) is 2.83. The molecule has 7 nitrogen and oxygen atoms in total. The number of amides is 3. The van der Waals surface area contributed by atoms with Crippen molar-refractivity contribution in [3.05, 3.63) is 83.9 Å². The van der Waals surface area contributed by atoms with Gasteiger partial charge >= 0.3 is 6.18 Å². The zero-order chi connectivity index (χ0) is 27.0. The first kappa shape index (κ1) is 27.3. The molecule has 194 valence electrons. The molecule has 0 radical (unpaired) electrons. The van der Waals surface area contributed by atoms with Gasteiger partial charge in [0.25, 0.3) is 5.91 Å². The largest absolute Gasteiger partial charge is 0.416 e. The molecule has 3 rings (SSSR count). The van der Waals surface area contributed by atoms with E-state index >= 15 is 0 Å². The van der Waals surface area contributed by atoms with Gasteiger partial charge in [-0.25, -0.2) is 0 Å². The van der Waals surface area contributed by atoms with Crippen molar-refractivity contribution in [2.45, 2.75) is 26.4 Å². The molecule has 0 fully saturated rings. The summed E-state index contributed by atoms with van der Waals surface area (Å²) in [6, 6.07) is 17.3. The number of carbonyl (C=O) groups is 3. The third-order valence-electron chi connectivity index (χ3n) is 5.07. The molecule has 3 aromatic carbocycles. The molecule has 0 aliphatic carbocycles. The highest BCUT2D eigenvalue weighted by atomic mass is 19.4. The van der Waals surface area contributed by atoms with E-state index in [-0.39, 0.29) is 35.5 Å². The van der Waals surface area contributed by atoms with E-state index in [0.29, 0.717) is 23.5 Å². The Morgan fingerprint density at radius 3 is 1.95 bits per heavy atom. The van der Waals surface area contributed by atoms with Crippen molar-refractivity contribution >= 4 is 40.5 Å². The molecule has 0 spiro atoms. The van der Waals surface area contributed by atoms with Crippen LogP contribution in [0.15, 0.2) is 72.8 Å². The number of carbonyl (C=O) groups excluding carboxylic acids is 3. The summed E-state index contributed by atoms with van der Waals surface area (Å²) < 4.78 is 38.7. The van der Waals surface area contributed by atoms with Crippen molar-refractivity contribution in [2.75, 3.05) is 27.8 Å². The highest BCUT2D eigenvalue weighted by molar-refractivity contribution is 6.05. The molecule has 3 amide bonds. The van der Waals surface area contributed by atoms with Gasteiger partial charge < -0.3 is 21.3 Å². The summed E-state index contributed by atoms with van der Waals surface area (Å²) in [7, 11) is 0. The fourth-order valence-electron chi connectivity index (χ4n) is 3.35. The number of benzene rings is 3. The molecule has 0 aliphatic rings. The van der Waals surface area contributed by atoms with E-state index in [1.165, 1.54) is 24.3 Å². The molecule has 0 heterocycles. The molecule has 0 saturated carbocycles. The zero-order valence-electron chi connectivity index (χ0n) is 20.3. The van der Waals surface area contributed by atoms with Gasteiger partial charge in [-0.1, -0.05) is 26.0 Å². The average molecular weight is 513 g/mol. The number of nitrogens with one attached hydrogen (secondary N) is 4. The molecular weight excluding hydrogens is 485 g/mol.